The summed E-state index contributed by atoms with van der Waals surface area (Å²) in [5.41, 5.74) is 6.10. The Morgan fingerprint density at radius 2 is 2.26 bits per heavy atom. The molecule has 23 heavy (non-hydrogen) atoms. The summed E-state index contributed by atoms with van der Waals surface area (Å²) in [6.07, 6.45) is 4.40. The number of hydrogen-bond acceptors (Lipinski definition) is 5. The number of amides is 1. The van der Waals surface area contributed by atoms with Crippen LogP contribution in [-0.2, 0) is 0 Å². The van der Waals surface area contributed by atoms with Gasteiger partial charge in [-0.25, -0.2) is 0 Å². The van der Waals surface area contributed by atoms with Gasteiger partial charge in [-0.1, -0.05) is 0 Å². The van der Waals surface area contributed by atoms with E-state index < -0.39 is 0 Å². The lowest BCUT2D eigenvalue weighted by Crippen LogP contribution is -2.40. The number of nitrogens with two attached hydrogens (primary N) is 1. The van der Waals surface area contributed by atoms with E-state index in [4.69, 9.17) is 15.2 Å². The van der Waals surface area contributed by atoms with Gasteiger partial charge in [0.2, 0.25) is 0 Å². The number of carbonyl (C=O) groups excluding carboxylic acids is 1. The van der Waals surface area contributed by atoms with E-state index in [1.54, 1.807) is 25.3 Å². The lowest BCUT2D eigenvalue weighted by Gasteiger charge is -2.32. The highest BCUT2D eigenvalue weighted by atomic mass is 32.2. The molecule has 1 amide bonds. The van der Waals surface area contributed by atoms with Gasteiger partial charge in [-0.05, 0) is 49.0 Å². The van der Waals surface area contributed by atoms with Crippen molar-refractivity contribution in [1.29, 1.82) is 0 Å². The van der Waals surface area contributed by atoms with Gasteiger partial charge in [0.05, 0.1) is 7.11 Å². The van der Waals surface area contributed by atoms with Crippen LogP contribution in [0.2, 0.25) is 0 Å². The number of thioether (sulfide) groups is 1. The molecule has 0 unspecified atom stereocenters. The first-order valence-corrected chi connectivity index (χ1v) is 9.38. The summed E-state index contributed by atoms with van der Waals surface area (Å²) in [5, 5.41) is 0. The van der Waals surface area contributed by atoms with Crippen LogP contribution in [0.4, 0.5) is 0 Å². The monoisotopic (exact) mass is 338 g/mol. The van der Waals surface area contributed by atoms with E-state index >= 15 is 0 Å². The molecule has 0 radical (unpaired) electrons. The average Bonchev–Trinajstić information content (AvgIpc) is 2.59. The van der Waals surface area contributed by atoms with Crippen molar-refractivity contribution >= 4 is 17.7 Å². The highest BCUT2D eigenvalue weighted by molar-refractivity contribution is 7.98. The van der Waals surface area contributed by atoms with Crippen molar-refractivity contribution in [1.82, 2.24) is 4.90 Å². The maximum atomic E-state index is 12.7. The minimum atomic E-state index is 0.0690. The van der Waals surface area contributed by atoms with Crippen molar-refractivity contribution in [3.63, 3.8) is 0 Å². The van der Waals surface area contributed by atoms with Gasteiger partial charge >= 0.3 is 0 Å². The second-order valence-corrected chi connectivity index (χ2v) is 6.63. The maximum Gasteiger partial charge on any atom is 0.254 e. The summed E-state index contributed by atoms with van der Waals surface area (Å²) in [7, 11) is 1.58. The van der Waals surface area contributed by atoms with Crippen LogP contribution in [0.25, 0.3) is 0 Å². The highest BCUT2D eigenvalue weighted by Crippen LogP contribution is 2.29. The molecule has 1 aromatic carbocycles. The van der Waals surface area contributed by atoms with E-state index in [-0.39, 0.29) is 5.91 Å². The minimum Gasteiger partial charge on any atom is -0.493 e. The molecule has 128 valence electrons. The third-order valence-corrected chi connectivity index (χ3v) is 4.80. The van der Waals surface area contributed by atoms with Crippen LogP contribution in [-0.4, -0.2) is 56.2 Å². The van der Waals surface area contributed by atoms with Crippen LogP contribution in [0.3, 0.4) is 0 Å². The summed E-state index contributed by atoms with van der Waals surface area (Å²) >= 11 is 1.85. The van der Waals surface area contributed by atoms with Gasteiger partial charge in [-0.15, -0.1) is 0 Å². The predicted octanol–water partition coefficient (Wildman–Crippen LogP) is 2.25. The number of benzene rings is 1. The van der Waals surface area contributed by atoms with Gasteiger partial charge in [0.1, 0.15) is 6.61 Å². The third kappa shape index (κ3) is 4.78. The Hall–Kier alpha value is -1.40. The van der Waals surface area contributed by atoms with Crippen molar-refractivity contribution in [2.45, 2.75) is 12.8 Å². The number of likely N-dealkylation sites (tertiary alicyclic amines) is 1. The van der Waals surface area contributed by atoms with Crippen LogP contribution in [0.15, 0.2) is 18.2 Å². The fourth-order valence-electron chi connectivity index (χ4n) is 2.89. The Kier molecular flexibility index (Phi) is 7.05. The molecule has 0 bridgehead atoms. The lowest BCUT2D eigenvalue weighted by atomic mass is 9.99. The van der Waals surface area contributed by atoms with Gasteiger partial charge in [-0.3, -0.25) is 4.79 Å². The molecular weight excluding hydrogens is 312 g/mol. The zero-order chi connectivity index (χ0) is 16.7. The summed E-state index contributed by atoms with van der Waals surface area (Å²) in [6, 6.07) is 5.34. The quantitative estimate of drug-likeness (QED) is 0.826. The second kappa shape index (κ2) is 9.03. The van der Waals surface area contributed by atoms with Crippen LogP contribution < -0.4 is 15.2 Å². The Labute approximate surface area is 142 Å². The number of nitrogens with zero attached hydrogens (tertiary/aromatic N) is 1. The summed E-state index contributed by atoms with van der Waals surface area (Å²) in [6.45, 7) is 2.53. The number of carbonyl (C=O) groups is 1. The lowest BCUT2D eigenvalue weighted by molar-refractivity contribution is 0.0685. The fourth-order valence-corrected chi connectivity index (χ4v) is 3.64. The topological polar surface area (TPSA) is 64.8 Å². The molecule has 0 aromatic heterocycles. The smallest absolute Gasteiger partial charge is 0.254 e. The Morgan fingerprint density at radius 3 is 2.96 bits per heavy atom. The Bertz CT molecular complexity index is 523. The van der Waals surface area contributed by atoms with Crippen molar-refractivity contribution in [2.75, 3.05) is 45.4 Å². The van der Waals surface area contributed by atoms with Crippen LogP contribution >= 0.6 is 11.8 Å². The van der Waals surface area contributed by atoms with E-state index in [0.29, 0.717) is 36.1 Å². The number of piperidine rings is 1. The van der Waals surface area contributed by atoms with Crippen LogP contribution in [0.1, 0.15) is 23.2 Å². The SMILES string of the molecule is COc1cc(C(=O)N2CCC[C@H](CSC)C2)ccc1OCCN. The van der Waals surface area contributed by atoms with E-state index in [2.05, 4.69) is 6.26 Å². The molecule has 1 saturated heterocycles. The van der Waals surface area contributed by atoms with Gasteiger partial charge in [0, 0.05) is 25.2 Å². The largest absolute Gasteiger partial charge is 0.493 e. The summed E-state index contributed by atoms with van der Waals surface area (Å²) in [5.74, 6) is 2.96. The molecule has 5 nitrogen and oxygen atoms in total. The van der Waals surface area contributed by atoms with E-state index in [1.807, 2.05) is 16.7 Å². The standard InChI is InChI=1S/C17H26N2O3S/c1-21-16-10-14(5-6-15(16)22-9-7-18)17(20)19-8-3-4-13(11-19)12-23-2/h5-6,10,13H,3-4,7-9,11-12,18H2,1-2H3/t13-/m0/s1. The molecule has 2 rings (SSSR count). The van der Waals surface area contributed by atoms with Crippen molar-refractivity contribution < 1.29 is 14.3 Å². The molecule has 2 N–H and O–H groups in total. The predicted molar refractivity (Wildman–Crippen MR) is 94.6 cm³/mol. The Morgan fingerprint density at radius 1 is 1.43 bits per heavy atom. The third-order valence-electron chi connectivity index (χ3n) is 3.99. The normalized spacial score (nSPS) is 17.9. The van der Waals surface area contributed by atoms with Crippen molar-refractivity contribution in [2.24, 2.45) is 11.7 Å². The fraction of sp³-hybridized carbons (Fsp3) is 0.588. The molecule has 1 atom stereocenters. The van der Waals surface area contributed by atoms with Gasteiger partial charge in [-0.2, -0.15) is 11.8 Å². The van der Waals surface area contributed by atoms with Crippen LogP contribution in [0.5, 0.6) is 11.5 Å². The second-order valence-electron chi connectivity index (χ2n) is 5.72. The Balaban J connectivity index is 2.09. The number of rotatable bonds is 7. The van der Waals surface area contributed by atoms with E-state index in [1.165, 1.54) is 6.42 Å². The molecule has 1 fully saturated rings. The number of ether oxygens (including phenoxy) is 2. The van der Waals surface area contributed by atoms with Crippen molar-refractivity contribution in [3.8, 4) is 11.5 Å². The zero-order valence-corrected chi connectivity index (χ0v) is 14.7. The molecule has 1 aromatic rings. The molecule has 0 saturated carbocycles. The average molecular weight is 338 g/mol. The molecule has 0 aliphatic carbocycles. The molecule has 0 spiro atoms. The molecule has 1 aliphatic rings. The van der Waals surface area contributed by atoms with Gasteiger partial charge < -0.3 is 20.1 Å². The highest BCUT2D eigenvalue weighted by Gasteiger charge is 2.24. The number of methoxy groups -OCH3 is 1. The zero-order valence-electron chi connectivity index (χ0n) is 13.9. The minimum absolute atomic E-state index is 0.0690. The van der Waals surface area contributed by atoms with Crippen LogP contribution in [0, 0.1) is 5.92 Å². The van der Waals surface area contributed by atoms with E-state index in [9.17, 15) is 4.79 Å². The molecule has 6 heteroatoms. The van der Waals surface area contributed by atoms with E-state index in [0.717, 1.165) is 25.3 Å². The molecular formula is C17H26N2O3S. The molecule has 1 heterocycles. The first kappa shape index (κ1) is 17.9. The summed E-state index contributed by atoms with van der Waals surface area (Å²) < 4.78 is 10.9. The van der Waals surface area contributed by atoms with Gasteiger partial charge in [0.25, 0.3) is 5.91 Å². The first-order chi connectivity index (χ1) is 11.2. The number of hydrogen-bond donors (Lipinski definition) is 1. The van der Waals surface area contributed by atoms with Crippen molar-refractivity contribution in [3.05, 3.63) is 23.8 Å². The maximum absolute atomic E-state index is 12.7. The molecule has 1 aliphatic heterocycles. The first-order valence-electron chi connectivity index (χ1n) is 7.98. The summed E-state index contributed by atoms with van der Waals surface area (Å²) in [4.78, 5) is 14.7. The van der Waals surface area contributed by atoms with Gasteiger partial charge in [0.15, 0.2) is 11.5 Å².